The van der Waals surface area contributed by atoms with E-state index in [-0.39, 0.29) is 18.8 Å². The summed E-state index contributed by atoms with van der Waals surface area (Å²) in [5.41, 5.74) is 0. The first-order valence-corrected chi connectivity index (χ1v) is 3.98. The van der Waals surface area contributed by atoms with Crippen LogP contribution in [0.3, 0.4) is 0 Å². The predicted molar refractivity (Wildman–Crippen MR) is 40.4 cm³/mol. The van der Waals surface area contributed by atoms with Crippen molar-refractivity contribution in [2.75, 3.05) is 0 Å². The molecule has 0 nitrogen and oxygen atoms in total. The first-order chi connectivity index (χ1) is 5.14. The minimum atomic E-state index is -2.45. The molecule has 1 aliphatic carbocycles. The molecule has 1 aliphatic rings. The average molecular weight is 158 g/mol. The minimum Gasteiger partial charge on any atom is -0.207 e. The molecule has 0 radical (unpaired) electrons. The lowest BCUT2D eigenvalue weighted by Gasteiger charge is -2.11. The van der Waals surface area contributed by atoms with E-state index in [0.717, 1.165) is 6.42 Å². The lowest BCUT2D eigenvalue weighted by atomic mass is 10.0. The van der Waals surface area contributed by atoms with Crippen molar-refractivity contribution in [1.29, 1.82) is 0 Å². The molecule has 1 atom stereocenters. The summed E-state index contributed by atoms with van der Waals surface area (Å²) in [4.78, 5) is 0. The van der Waals surface area contributed by atoms with Gasteiger partial charge in [0.2, 0.25) is 5.92 Å². The highest BCUT2D eigenvalue weighted by molar-refractivity contribution is 4.94. The molecule has 0 saturated heterocycles. The largest absolute Gasteiger partial charge is 0.248 e. The lowest BCUT2D eigenvalue weighted by Crippen LogP contribution is -2.13. The van der Waals surface area contributed by atoms with Crippen molar-refractivity contribution in [3.63, 3.8) is 0 Å². The fourth-order valence-corrected chi connectivity index (χ4v) is 1.43. The number of hydrogen-bond acceptors (Lipinski definition) is 0. The van der Waals surface area contributed by atoms with E-state index < -0.39 is 5.92 Å². The highest BCUT2D eigenvalue weighted by Crippen LogP contribution is 2.33. The van der Waals surface area contributed by atoms with Gasteiger partial charge in [0.25, 0.3) is 0 Å². The van der Waals surface area contributed by atoms with Crippen molar-refractivity contribution >= 4 is 0 Å². The van der Waals surface area contributed by atoms with Crippen molar-refractivity contribution in [3.8, 4) is 12.3 Å². The van der Waals surface area contributed by atoms with E-state index >= 15 is 0 Å². The zero-order valence-electron chi connectivity index (χ0n) is 6.45. The van der Waals surface area contributed by atoms with Gasteiger partial charge in [0.05, 0.1) is 0 Å². The summed E-state index contributed by atoms with van der Waals surface area (Å²) in [5, 5.41) is 0. The van der Waals surface area contributed by atoms with E-state index in [9.17, 15) is 8.78 Å². The van der Waals surface area contributed by atoms with Crippen molar-refractivity contribution in [2.45, 2.75) is 38.0 Å². The SMILES string of the molecule is C#CC1CCCC(F)(F)CC1. The zero-order chi connectivity index (χ0) is 8.32. The summed E-state index contributed by atoms with van der Waals surface area (Å²) >= 11 is 0. The van der Waals surface area contributed by atoms with Gasteiger partial charge in [-0.25, -0.2) is 8.78 Å². The van der Waals surface area contributed by atoms with Gasteiger partial charge in [-0.05, 0) is 19.3 Å². The Labute approximate surface area is 66.0 Å². The van der Waals surface area contributed by atoms with E-state index in [1.165, 1.54) is 0 Å². The Bertz CT molecular complexity index is 167. The Kier molecular flexibility index (Phi) is 2.49. The Morgan fingerprint density at radius 2 is 2.00 bits per heavy atom. The van der Waals surface area contributed by atoms with Gasteiger partial charge < -0.3 is 0 Å². The van der Waals surface area contributed by atoms with Crippen LogP contribution in [-0.2, 0) is 0 Å². The molecule has 0 aromatic rings. The first-order valence-electron chi connectivity index (χ1n) is 3.98. The van der Waals surface area contributed by atoms with E-state index in [1.54, 1.807) is 0 Å². The van der Waals surface area contributed by atoms with Crippen LogP contribution in [0.4, 0.5) is 8.78 Å². The van der Waals surface area contributed by atoms with Crippen LogP contribution in [0.2, 0.25) is 0 Å². The molecule has 0 aliphatic heterocycles. The van der Waals surface area contributed by atoms with Crippen molar-refractivity contribution in [1.82, 2.24) is 0 Å². The smallest absolute Gasteiger partial charge is 0.207 e. The second kappa shape index (κ2) is 3.21. The summed E-state index contributed by atoms with van der Waals surface area (Å²) in [6.45, 7) is 0. The second-order valence-electron chi connectivity index (χ2n) is 3.15. The molecule has 0 amide bonds. The first kappa shape index (κ1) is 8.52. The van der Waals surface area contributed by atoms with Crippen LogP contribution in [0.15, 0.2) is 0 Å². The van der Waals surface area contributed by atoms with Gasteiger partial charge in [-0.3, -0.25) is 0 Å². The van der Waals surface area contributed by atoms with Crippen LogP contribution >= 0.6 is 0 Å². The third kappa shape index (κ3) is 2.49. The van der Waals surface area contributed by atoms with Gasteiger partial charge in [0.15, 0.2) is 0 Å². The number of terminal acetylenes is 1. The third-order valence-electron chi connectivity index (χ3n) is 2.19. The van der Waals surface area contributed by atoms with Gasteiger partial charge in [-0.1, -0.05) is 0 Å². The summed E-state index contributed by atoms with van der Waals surface area (Å²) in [6.07, 6.45) is 6.99. The molecule has 1 rings (SSSR count). The molecular weight excluding hydrogens is 146 g/mol. The van der Waals surface area contributed by atoms with E-state index in [2.05, 4.69) is 5.92 Å². The maximum Gasteiger partial charge on any atom is 0.248 e. The Morgan fingerprint density at radius 3 is 2.64 bits per heavy atom. The van der Waals surface area contributed by atoms with E-state index in [1.807, 2.05) is 0 Å². The molecule has 1 unspecified atom stereocenters. The molecule has 0 aromatic heterocycles. The Hall–Kier alpha value is -0.580. The summed E-state index contributed by atoms with van der Waals surface area (Å²) in [6, 6.07) is 0. The lowest BCUT2D eigenvalue weighted by molar-refractivity contribution is -0.0143. The van der Waals surface area contributed by atoms with Crippen molar-refractivity contribution < 1.29 is 8.78 Å². The summed E-state index contributed by atoms with van der Waals surface area (Å²) in [7, 11) is 0. The monoisotopic (exact) mass is 158 g/mol. The number of rotatable bonds is 0. The van der Waals surface area contributed by atoms with Crippen LogP contribution in [0.25, 0.3) is 0 Å². The van der Waals surface area contributed by atoms with E-state index in [0.29, 0.717) is 12.8 Å². The van der Waals surface area contributed by atoms with Crippen LogP contribution < -0.4 is 0 Å². The number of alkyl halides is 2. The minimum absolute atomic E-state index is 0.0190. The molecule has 0 bridgehead atoms. The van der Waals surface area contributed by atoms with Gasteiger partial charge in [0.1, 0.15) is 0 Å². The summed E-state index contributed by atoms with van der Waals surface area (Å²) in [5.74, 6) is 0.182. The second-order valence-corrected chi connectivity index (χ2v) is 3.15. The molecule has 62 valence electrons. The Morgan fingerprint density at radius 1 is 1.27 bits per heavy atom. The standard InChI is InChI=1S/C9H12F2/c1-2-8-4-3-6-9(10,11)7-5-8/h1,8H,3-7H2. The molecule has 0 N–H and O–H groups in total. The highest BCUT2D eigenvalue weighted by Gasteiger charge is 2.31. The van der Waals surface area contributed by atoms with E-state index in [4.69, 9.17) is 6.42 Å². The molecule has 2 heteroatoms. The van der Waals surface area contributed by atoms with Gasteiger partial charge in [-0.2, -0.15) is 0 Å². The maximum atomic E-state index is 12.7. The van der Waals surface area contributed by atoms with Crippen LogP contribution in [0, 0.1) is 18.3 Å². The number of hydrogen-bond donors (Lipinski definition) is 0. The molecule has 1 saturated carbocycles. The van der Waals surface area contributed by atoms with Gasteiger partial charge in [0, 0.05) is 18.8 Å². The molecule has 0 aromatic carbocycles. The Balaban J connectivity index is 2.47. The zero-order valence-corrected chi connectivity index (χ0v) is 6.45. The highest BCUT2D eigenvalue weighted by atomic mass is 19.3. The molecular formula is C9H12F2. The quantitative estimate of drug-likeness (QED) is 0.375. The van der Waals surface area contributed by atoms with Gasteiger partial charge in [-0.15, -0.1) is 12.3 Å². The van der Waals surface area contributed by atoms with Crippen molar-refractivity contribution in [3.05, 3.63) is 0 Å². The fourth-order valence-electron chi connectivity index (χ4n) is 1.43. The predicted octanol–water partition coefficient (Wildman–Crippen LogP) is 2.84. The van der Waals surface area contributed by atoms with Crippen molar-refractivity contribution in [2.24, 2.45) is 5.92 Å². The topological polar surface area (TPSA) is 0 Å². The van der Waals surface area contributed by atoms with Crippen LogP contribution in [0.5, 0.6) is 0 Å². The molecule has 11 heavy (non-hydrogen) atoms. The number of halogens is 2. The maximum absolute atomic E-state index is 12.7. The summed E-state index contributed by atoms with van der Waals surface area (Å²) < 4.78 is 25.4. The van der Waals surface area contributed by atoms with Gasteiger partial charge >= 0.3 is 0 Å². The van der Waals surface area contributed by atoms with Crippen LogP contribution in [-0.4, -0.2) is 5.92 Å². The molecule has 0 heterocycles. The van der Waals surface area contributed by atoms with Crippen LogP contribution in [0.1, 0.15) is 32.1 Å². The third-order valence-corrected chi connectivity index (χ3v) is 2.19. The molecule has 1 fully saturated rings. The fraction of sp³-hybridized carbons (Fsp3) is 0.778. The average Bonchev–Trinajstić information content (AvgIpc) is 2.10. The normalized spacial score (nSPS) is 30.5. The molecule has 0 spiro atoms.